The van der Waals surface area contributed by atoms with Gasteiger partial charge in [0.15, 0.2) is 0 Å². The molecule has 3 aromatic carbocycles. The van der Waals surface area contributed by atoms with Crippen LogP contribution < -0.4 is 10.1 Å². The molecule has 0 heterocycles. The van der Waals surface area contributed by atoms with Crippen LogP contribution in [0.25, 0.3) is 0 Å². The first-order valence-electron chi connectivity index (χ1n) is 12.7. The Morgan fingerprint density at radius 1 is 0.949 bits per heavy atom. The molecule has 2 atom stereocenters. The monoisotopic (exact) mass is 556 g/mol. The van der Waals surface area contributed by atoms with Crippen LogP contribution in [-0.2, 0) is 27.8 Å². The highest BCUT2D eigenvalue weighted by molar-refractivity contribution is 7.89. The number of amides is 1. The van der Waals surface area contributed by atoms with Gasteiger partial charge >= 0.3 is 6.09 Å². The number of hydrogen-bond acceptors (Lipinski definition) is 7. The number of benzene rings is 3. The predicted molar refractivity (Wildman–Crippen MR) is 148 cm³/mol. The van der Waals surface area contributed by atoms with E-state index in [0.717, 1.165) is 5.56 Å². The number of phenolic OH excluding ortho intramolecular Hbond substituents is 1. The van der Waals surface area contributed by atoms with Gasteiger partial charge in [-0.15, -0.1) is 0 Å². The van der Waals surface area contributed by atoms with Gasteiger partial charge in [0.05, 0.1) is 24.2 Å². The van der Waals surface area contributed by atoms with E-state index in [-0.39, 0.29) is 42.7 Å². The van der Waals surface area contributed by atoms with E-state index in [1.165, 1.54) is 35.7 Å². The van der Waals surface area contributed by atoms with Crippen LogP contribution in [0.1, 0.15) is 25.0 Å². The van der Waals surface area contributed by atoms with Crippen molar-refractivity contribution >= 4 is 16.1 Å². The Morgan fingerprint density at radius 2 is 1.62 bits per heavy atom. The molecule has 10 heteroatoms. The van der Waals surface area contributed by atoms with E-state index in [1.54, 1.807) is 24.3 Å². The number of rotatable bonds is 13. The number of phenols is 1. The Morgan fingerprint density at radius 3 is 2.23 bits per heavy atom. The van der Waals surface area contributed by atoms with Crippen molar-refractivity contribution in [1.82, 2.24) is 9.62 Å². The van der Waals surface area contributed by atoms with Crippen LogP contribution in [0.5, 0.6) is 11.5 Å². The van der Waals surface area contributed by atoms with Gasteiger partial charge in [0.2, 0.25) is 10.0 Å². The highest BCUT2D eigenvalue weighted by Gasteiger charge is 2.31. The molecule has 3 rings (SSSR count). The SMILES string of the molecule is COc1ccc(S(=O)(=O)N(CC(C)C)CC(O)[C@H](Cc2ccccc2)NC(=O)OCc2cccc(O)c2)cc1. The van der Waals surface area contributed by atoms with E-state index in [2.05, 4.69) is 5.32 Å². The maximum absolute atomic E-state index is 13.5. The molecule has 0 bridgehead atoms. The van der Waals surface area contributed by atoms with Crippen LogP contribution in [0.15, 0.2) is 83.8 Å². The fraction of sp³-hybridized carbons (Fsp3) is 0.345. The molecule has 0 aliphatic rings. The van der Waals surface area contributed by atoms with Crippen molar-refractivity contribution in [2.75, 3.05) is 20.2 Å². The average Bonchev–Trinajstić information content (AvgIpc) is 2.91. The summed E-state index contributed by atoms with van der Waals surface area (Å²) in [6.07, 6.45) is -1.77. The van der Waals surface area contributed by atoms with E-state index >= 15 is 0 Å². The van der Waals surface area contributed by atoms with Gasteiger partial charge in [-0.05, 0) is 59.9 Å². The molecule has 0 saturated carbocycles. The van der Waals surface area contributed by atoms with Crippen molar-refractivity contribution in [3.8, 4) is 11.5 Å². The molecule has 0 spiro atoms. The largest absolute Gasteiger partial charge is 0.508 e. The van der Waals surface area contributed by atoms with E-state index in [4.69, 9.17) is 9.47 Å². The minimum Gasteiger partial charge on any atom is -0.508 e. The molecule has 1 amide bonds. The Hall–Kier alpha value is -3.60. The summed E-state index contributed by atoms with van der Waals surface area (Å²) in [7, 11) is -2.45. The average molecular weight is 557 g/mol. The second kappa shape index (κ2) is 14.0. The first kappa shape index (κ1) is 29.9. The van der Waals surface area contributed by atoms with Gasteiger partial charge in [0.25, 0.3) is 0 Å². The Bertz CT molecular complexity index is 1300. The van der Waals surface area contributed by atoms with Crippen molar-refractivity contribution in [1.29, 1.82) is 0 Å². The third-order valence-electron chi connectivity index (χ3n) is 6.00. The lowest BCUT2D eigenvalue weighted by molar-refractivity contribution is 0.0873. The van der Waals surface area contributed by atoms with Crippen LogP contribution >= 0.6 is 0 Å². The second-order valence-corrected chi connectivity index (χ2v) is 11.6. The Kier molecular flexibility index (Phi) is 10.7. The summed E-state index contributed by atoms with van der Waals surface area (Å²) >= 11 is 0. The summed E-state index contributed by atoms with van der Waals surface area (Å²) < 4.78 is 38.8. The van der Waals surface area contributed by atoms with Crippen molar-refractivity contribution in [2.45, 2.75) is 43.9 Å². The zero-order valence-corrected chi connectivity index (χ0v) is 23.2. The maximum Gasteiger partial charge on any atom is 0.407 e. The zero-order chi connectivity index (χ0) is 28.4. The molecule has 210 valence electrons. The Balaban J connectivity index is 1.79. The third-order valence-corrected chi connectivity index (χ3v) is 7.85. The molecule has 3 N–H and O–H groups in total. The standard InChI is InChI=1S/C29H36N2O7S/c1-21(2)18-31(39(35,36)26-14-12-25(37-3)13-15-26)19-28(33)27(17-22-8-5-4-6-9-22)30-29(34)38-20-23-10-7-11-24(32)16-23/h4-16,21,27-28,32-33H,17-20H2,1-3H3,(H,30,34)/t27-,28?/m0/s1. The molecule has 39 heavy (non-hydrogen) atoms. The summed E-state index contributed by atoms with van der Waals surface area (Å²) in [5, 5.41) is 23.6. The molecular formula is C29H36N2O7S. The number of sulfonamides is 1. The van der Waals surface area contributed by atoms with E-state index < -0.39 is 28.3 Å². The van der Waals surface area contributed by atoms with Gasteiger partial charge in [0.1, 0.15) is 18.1 Å². The zero-order valence-electron chi connectivity index (χ0n) is 22.4. The van der Waals surface area contributed by atoms with Crippen molar-refractivity contribution in [3.63, 3.8) is 0 Å². The molecule has 0 aliphatic heterocycles. The minimum atomic E-state index is -3.95. The number of carbonyl (C=O) groups is 1. The highest BCUT2D eigenvalue weighted by atomic mass is 32.2. The summed E-state index contributed by atoms with van der Waals surface area (Å²) in [5.41, 5.74) is 1.45. The molecule has 0 saturated heterocycles. The fourth-order valence-electron chi connectivity index (χ4n) is 4.05. The lowest BCUT2D eigenvalue weighted by Gasteiger charge is -2.30. The highest BCUT2D eigenvalue weighted by Crippen LogP contribution is 2.22. The Labute approximate surface area is 230 Å². The summed E-state index contributed by atoms with van der Waals surface area (Å²) in [4.78, 5) is 12.8. The number of aromatic hydroxyl groups is 1. The number of alkyl carbamates (subject to hydrolysis) is 1. The van der Waals surface area contributed by atoms with Gasteiger partial charge < -0.3 is 25.0 Å². The molecule has 9 nitrogen and oxygen atoms in total. The van der Waals surface area contributed by atoms with Crippen molar-refractivity contribution in [3.05, 3.63) is 90.0 Å². The number of carbonyl (C=O) groups excluding carboxylic acids is 1. The van der Waals surface area contributed by atoms with Crippen LogP contribution in [0.2, 0.25) is 0 Å². The second-order valence-electron chi connectivity index (χ2n) is 9.65. The molecular weight excluding hydrogens is 520 g/mol. The molecule has 0 aromatic heterocycles. The van der Waals surface area contributed by atoms with E-state index in [9.17, 15) is 23.4 Å². The van der Waals surface area contributed by atoms with Gasteiger partial charge in [-0.1, -0.05) is 56.3 Å². The first-order valence-corrected chi connectivity index (χ1v) is 14.1. The summed E-state index contributed by atoms with van der Waals surface area (Å²) in [5.74, 6) is 0.566. The van der Waals surface area contributed by atoms with Crippen LogP contribution in [0.3, 0.4) is 0 Å². The molecule has 0 aliphatic carbocycles. The lowest BCUT2D eigenvalue weighted by Crippen LogP contribution is -2.51. The number of hydrogen-bond donors (Lipinski definition) is 3. The van der Waals surface area contributed by atoms with Gasteiger partial charge in [-0.2, -0.15) is 4.31 Å². The third kappa shape index (κ3) is 8.98. The number of aliphatic hydroxyl groups is 1. The number of aliphatic hydroxyl groups excluding tert-OH is 1. The maximum atomic E-state index is 13.5. The summed E-state index contributed by atoms with van der Waals surface area (Å²) in [6, 6.07) is 20.8. The van der Waals surface area contributed by atoms with Crippen LogP contribution in [-0.4, -0.2) is 61.4 Å². The van der Waals surface area contributed by atoms with Gasteiger partial charge in [-0.25, -0.2) is 13.2 Å². The normalized spacial score (nSPS) is 13.2. The quantitative estimate of drug-likeness (QED) is 0.291. The topological polar surface area (TPSA) is 125 Å². The van der Waals surface area contributed by atoms with E-state index in [0.29, 0.717) is 11.3 Å². The smallest absolute Gasteiger partial charge is 0.407 e. The molecule has 0 fully saturated rings. The number of methoxy groups -OCH3 is 1. The predicted octanol–water partition coefficient (Wildman–Crippen LogP) is 3.95. The van der Waals surface area contributed by atoms with Crippen molar-refractivity contribution < 1.29 is 32.9 Å². The minimum absolute atomic E-state index is 0.0157. The van der Waals surface area contributed by atoms with Crippen molar-refractivity contribution in [2.24, 2.45) is 5.92 Å². The molecule has 0 radical (unpaired) electrons. The number of ether oxygens (including phenoxy) is 2. The molecule has 3 aromatic rings. The lowest BCUT2D eigenvalue weighted by atomic mass is 10.0. The fourth-order valence-corrected chi connectivity index (χ4v) is 5.67. The van der Waals surface area contributed by atoms with Gasteiger partial charge in [0, 0.05) is 13.1 Å². The number of nitrogens with zero attached hydrogens (tertiary/aromatic N) is 1. The van der Waals surface area contributed by atoms with Gasteiger partial charge in [-0.3, -0.25) is 0 Å². The summed E-state index contributed by atoms with van der Waals surface area (Å²) in [6.45, 7) is 3.63. The van der Waals surface area contributed by atoms with E-state index in [1.807, 2.05) is 44.2 Å². The molecule has 1 unspecified atom stereocenters. The van der Waals surface area contributed by atoms with Crippen LogP contribution in [0.4, 0.5) is 4.79 Å². The number of nitrogens with one attached hydrogen (secondary N) is 1. The van der Waals surface area contributed by atoms with Crippen LogP contribution in [0, 0.1) is 5.92 Å². The first-order chi connectivity index (χ1) is 18.6.